The quantitative estimate of drug-likeness (QED) is 0.183. The average molecular weight is 382 g/mol. The van der Waals surface area contributed by atoms with Gasteiger partial charge in [0.05, 0.1) is 12.6 Å². The number of aliphatic hydroxyl groups is 1. The summed E-state index contributed by atoms with van der Waals surface area (Å²) in [5, 5.41) is 24.7. The van der Waals surface area contributed by atoms with Gasteiger partial charge in [0.25, 0.3) is 0 Å². The number of hydrogen-bond acceptors (Lipinski definition) is 8. The molecule has 0 aliphatic heterocycles. The van der Waals surface area contributed by atoms with Gasteiger partial charge in [0.15, 0.2) is 0 Å². The summed E-state index contributed by atoms with van der Waals surface area (Å²) in [6.45, 7) is 0.660. The molecule has 0 fully saturated rings. The number of nitrogens with two attached hydrogens (primary N) is 1. The van der Waals surface area contributed by atoms with Crippen LogP contribution >= 0.6 is 25.3 Å². The molecule has 0 radical (unpaired) electrons. The molecule has 0 rings (SSSR count). The van der Waals surface area contributed by atoms with Crippen LogP contribution in [0.5, 0.6) is 0 Å². The highest BCUT2D eigenvalue weighted by Gasteiger charge is 2.28. The highest BCUT2D eigenvalue weighted by molar-refractivity contribution is 7.80. The maximum atomic E-state index is 12.1. The van der Waals surface area contributed by atoms with Crippen molar-refractivity contribution in [3.63, 3.8) is 0 Å². The van der Waals surface area contributed by atoms with Gasteiger partial charge in [-0.3, -0.25) is 14.4 Å². The van der Waals surface area contributed by atoms with E-state index in [2.05, 4.69) is 41.2 Å². The number of carboxylic acid groups (broad SMARTS) is 1. The Balaban J connectivity index is 4.83. The summed E-state index contributed by atoms with van der Waals surface area (Å²) < 4.78 is 0. The molecule has 24 heavy (non-hydrogen) atoms. The zero-order chi connectivity index (χ0) is 18.9. The number of carbonyl (C=O) groups is 4. The first-order valence-corrected chi connectivity index (χ1v) is 8.16. The van der Waals surface area contributed by atoms with Gasteiger partial charge in [0.1, 0.15) is 18.1 Å². The molecular formula is C12H22N4O6S2. The van der Waals surface area contributed by atoms with E-state index >= 15 is 0 Å². The van der Waals surface area contributed by atoms with Crippen LogP contribution in [0.2, 0.25) is 0 Å². The van der Waals surface area contributed by atoms with Crippen LogP contribution in [0.25, 0.3) is 0 Å². The van der Waals surface area contributed by atoms with Crippen molar-refractivity contribution in [2.45, 2.75) is 31.1 Å². The molecule has 10 nitrogen and oxygen atoms in total. The number of thiol groups is 2. The summed E-state index contributed by atoms with van der Waals surface area (Å²) >= 11 is 7.72. The molecule has 138 valence electrons. The fourth-order valence-electron chi connectivity index (χ4n) is 1.42. The number of carboxylic acids is 1. The Labute approximate surface area is 149 Å². The van der Waals surface area contributed by atoms with E-state index in [1.54, 1.807) is 0 Å². The van der Waals surface area contributed by atoms with Crippen LogP contribution in [-0.2, 0) is 19.2 Å². The first kappa shape index (κ1) is 22.5. The third kappa shape index (κ3) is 7.38. The third-order valence-corrected chi connectivity index (χ3v) is 3.57. The van der Waals surface area contributed by atoms with Crippen molar-refractivity contribution in [2.24, 2.45) is 5.73 Å². The number of amides is 3. The van der Waals surface area contributed by atoms with E-state index in [9.17, 15) is 24.3 Å². The molecule has 12 heteroatoms. The van der Waals surface area contributed by atoms with Crippen LogP contribution in [-0.4, -0.2) is 76.2 Å². The van der Waals surface area contributed by atoms with E-state index in [1.807, 2.05) is 0 Å². The Morgan fingerprint density at radius 2 is 1.33 bits per heavy atom. The molecule has 0 aliphatic carbocycles. The third-order valence-electron chi connectivity index (χ3n) is 2.84. The second-order valence-corrected chi connectivity index (χ2v) is 5.59. The fraction of sp³-hybridized carbons (Fsp3) is 0.667. The Bertz CT molecular complexity index is 476. The molecule has 0 heterocycles. The predicted molar refractivity (Wildman–Crippen MR) is 91.9 cm³/mol. The maximum Gasteiger partial charge on any atom is 0.327 e. The van der Waals surface area contributed by atoms with Gasteiger partial charge in [0.2, 0.25) is 17.7 Å². The summed E-state index contributed by atoms with van der Waals surface area (Å²) in [7, 11) is 0. The average Bonchev–Trinajstić information content (AvgIpc) is 2.53. The molecule has 0 bridgehead atoms. The van der Waals surface area contributed by atoms with E-state index in [-0.39, 0.29) is 11.5 Å². The summed E-state index contributed by atoms with van der Waals surface area (Å²) in [5.74, 6) is -3.81. The predicted octanol–water partition coefficient (Wildman–Crippen LogP) is -3.28. The molecular weight excluding hydrogens is 360 g/mol. The first-order chi connectivity index (χ1) is 11.2. The van der Waals surface area contributed by atoms with Crippen LogP contribution in [0, 0.1) is 0 Å². The molecule has 0 aromatic carbocycles. The van der Waals surface area contributed by atoms with Gasteiger partial charge in [0, 0.05) is 11.5 Å². The summed E-state index contributed by atoms with van der Waals surface area (Å²) in [5.41, 5.74) is 5.38. The molecule has 0 aromatic heterocycles. The number of carbonyl (C=O) groups excluding carboxylic acids is 3. The van der Waals surface area contributed by atoms with E-state index in [0.717, 1.165) is 0 Å². The van der Waals surface area contributed by atoms with Gasteiger partial charge in [-0.15, -0.1) is 0 Å². The monoisotopic (exact) mass is 382 g/mol. The Hall–Kier alpha value is -1.50. The normalized spacial score (nSPS) is 15.5. The molecule has 0 saturated heterocycles. The minimum atomic E-state index is -1.39. The van der Waals surface area contributed by atoms with Crippen LogP contribution in [0.4, 0.5) is 0 Å². The second-order valence-electron chi connectivity index (χ2n) is 4.86. The van der Waals surface area contributed by atoms with Crippen molar-refractivity contribution in [2.75, 3.05) is 18.1 Å². The fourth-order valence-corrected chi connectivity index (χ4v) is 1.93. The minimum Gasteiger partial charge on any atom is -0.480 e. The van der Waals surface area contributed by atoms with Gasteiger partial charge in [-0.2, -0.15) is 25.3 Å². The minimum absolute atomic E-state index is 0.0710. The van der Waals surface area contributed by atoms with Crippen molar-refractivity contribution in [1.82, 2.24) is 16.0 Å². The van der Waals surface area contributed by atoms with E-state index in [0.29, 0.717) is 0 Å². The zero-order valence-corrected chi connectivity index (χ0v) is 14.7. The first-order valence-electron chi connectivity index (χ1n) is 6.89. The van der Waals surface area contributed by atoms with Crippen LogP contribution in [0.1, 0.15) is 6.92 Å². The molecule has 7 N–H and O–H groups in total. The van der Waals surface area contributed by atoms with E-state index < -0.39 is 54.5 Å². The number of aliphatic hydroxyl groups excluding tert-OH is 1. The number of hydrogen-bond donors (Lipinski definition) is 8. The largest absolute Gasteiger partial charge is 0.480 e. The van der Waals surface area contributed by atoms with Crippen molar-refractivity contribution in [1.29, 1.82) is 0 Å². The smallest absolute Gasteiger partial charge is 0.327 e. The lowest BCUT2D eigenvalue weighted by molar-refractivity contribution is -0.141. The van der Waals surface area contributed by atoms with Gasteiger partial charge < -0.3 is 31.9 Å². The zero-order valence-electron chi connectivity index (χ0n) is 12.9. The Morgan fingerprint density at radius 3 is 1.71 bits per heavy atom. The van der Waals surface area contributed by atoms with Crippen LogP contribution in [0.15, 0.2) is 0 Å². The lowest BCUT2D eigenvalue weighted by Gasteiger charge is -2.22. The topological polar surface area (TPSA) is 171 Å². The van der Waals surface area contributed by atoms with Crippen molar-refractivity contribution in [3.8, 4) is 0 Å². The van der Waals surface area contributed by atoms with Crippen LogP contribution in [0.3, 0.4) is 0 Å². The molecule has 4 atom stereocenters. The van der Waals surface area contributed by atoms with Crippen molar-refractivity contribution >= 4 is 48.9 Å². The second kappa shape index (κ2) is 11.1. The lowest BCUT2D eigenvalue weighted by atomic mass is 10.2. The molecule has 3 amide bonds. The standard InChI is InChI=1S/C12H22N4O6S2/c1-5(13)9(18)15-7(3-23)11(20)14-6(2-17)10(19)16-8(4-24)12(21)22/h5-8,17,23-24H,2-4,13H2,1H3,(H,14,20)(H,15,18)(H,16,19)(H,21,22). The maximum absolute atomic E-state index is 12.1. The number of rotatable bonds is 10. The molecule has 0 aliphatic rings. The van der Waals surface area contributed by atoms with Crippen molar-refractivity contribution < 1.29 is 29.4 Å². The molecule has 0 spiro atoms. The van der Waals surface area contributed by atoms with Gasteiger partial charge in [-0.25, -0.2) is 4.79 Å². The highest BCUT2D eigenvalue weighted by atomic mass is 32.1. The number of aliphatic carboxylic acids is 1. The van der Waals surface area contributed by atoms with Gasteiger partial charge in [-0.05, 0) is 6.92 Å². The summed E-state index contributed by atoms with van der Waals surface area (Å²) in [6, 6.07) is -4.59. The lowest BCUT2D eigenvalue weighted by Crippen LogP contribution is -2.58. The highest BCUT2D eigenvalue weighted by Crippen LogP contribution is 1.95. The Kier molecular flexibility index (Phi) is 10.4. The van der Waals surface area contributed by atoms with Gasteiger partial charge >= 0.3 is 5.97 Å². The van der Waals surface area contributed by atoms with Gasteiger partial charge in [-0.1, -0.05) is 0 Å². The Morgan fingerprint density at radius 1 is 0.917 bits per heavy atom. The van der Waals surface area contributed by atoms with E-state index in [4.69, 9.17) is 10.8 Å². The van der Waals surface area contributed by atoms with E-state index in [1.165, 1.54) is 6.92 Å². The molecule has 4 unspecified atom stereocenters. The molecule has 0 saturated carbocycles. The molecule has 0 aromatic rings. The SMILES string of the molecule is CC(N)C(=O)NC(CS)C(=O)NC(CO)C(=O)NC(CS)C(=O)O. The van der Waals surface area contributed by atoms with Crippen LogP contribution < -0.4 is 21.7 Å². The summed E-state index contributed by atoms with van der Waals surface area (Å²) in [4.78, 5) is 46.3. The number of nitrogens with one attached hydrogen (secondary N) is 3. The van der Waals surface area contributed by atoms with Crippen molar-refractivity contribution in [3.05, 3.63) is 0 Å². The summed E-state index contributed by atoms with van der Waals surface area (Å²) in [6.07, 6.45) is 0.